The highest BCUT2D eigenvalue weighted by molar-refractivity contribution is 7.97. The zero-order valence-corrected chi connectivity index (χ0v) is 21.9. The normalized spacial score (nSPS) is 27.0. The Hall–Kier alpha value is -2.95. The highest BCUT2D eigenvalue weighted by atomic mass is 32.2. The van der Waals surface area contributed by atoms with Crippen molar-refractivity contribution in [2.45, 2.75) is 30.6 Å². The van der Waals surface area contributed by atoms with Gasteiger partial charge in [0.05, 0.1) is 22.7 Å². The van der Waals surface area contributed by atoms with E-state index in [1.165, 1.54) is 11.8 Å². The standard InChI is InChI=1S/C27H28N2O6S2/c1-37-10-14-8-15(17-4-2-3-5-29-17)16-7-12-6-13-9-18(30)22(26(28)34)27(35,11-36)21(13)25(33)19(12)24(32)20(16)23(14)31/h2-5,8,12-13,21,30-31,33,35-36H,6-7,9-11H2,1H3,(H2,28,34). The quantitative estimate of drug-likeness (QED) is 0.315. The number of aromatic hydroxyl groups is 1. The Morgan fingerprint density at radius 2 is 2.03 bits per heavy atom. The van der Waals surface area contributed by atoms with Crippen LogP contribution in [0.5, 0.6) is 5.75 Å². The highest BCUT2D eigenvalue weighted by Gasteiger charge is 2.57. The first-order valence-electron chi connectivity index (χ1n) is 11.9. The van der Waals surface area contributed by atoms with Crippen LogP contribution in [0.3, 0.4) is 0 Å². The van der Waals surface area contributed by atoms with Gasteiger partial charge in [0, 0.05) is 40.8 Å². The van der Waals surface area contributed by atoms with Crippen LogP contribution in [-0.4, -0.2) is 54.7 Å². The molecule has 0 saturated carbocycles. The first kappa shape index (κ1) is 25.7. The molecule has 0 aliphatic heterocycles. The van der Waals surface area contributed by atoms with Crippen LogP contribution in [0.1, 0.15) is 34.3 Å². The fourth-order valence-corrected chi connectivity index (χ4v) is 7.32. The molecule has 0 fully saturated rings. The molecule has 5 rings (SSSR count). The number of carbonyl (C=O) groups excluding carboxylic acids is 2. The first-order chi connectivity index (χ1) is 17.6. The van der Waals surface area contributed by atoms with Crippen LogP contribution in [0, 0.1) is 17.8 Å². The lowest BCUT2D eigenvalue weighted by molar-refractivity contribution is -0.119. The van der Waals surface area contributed by atoms with Crippen LogP contribution in [0.25, 0.3) is 11.3 Å². The largest absolute Gasteiger partial charge is 0.512 e. The number of aromatic nitrogens is 1. The number of Topliss-reactive ketones (excluding diaryl/α,β-unsaturated/α-hetero) is 1. The number of phenolic OH excluding ortho intramolecular Hbond substituents is 1. The van der Waals surface area contributed by atoms with Gasteiger partial charge in [0.2, 0.25) is 0 Å². The van der Waals surface area contributed by atoms with Gasteiger partial charge in [-0.05, 0) is 54.7 Å². The molecule has 0 bridgehead atoms. The lowest BCUT2D eigenvalue weighted by atomic mass is 9.58. The molecular formula is C27H28N2O6S2. The average Bonchev–Trinajstić information content (AvgIpc) is 2.85. The van der Waals surface area contributed by atoms with Crippen molar-refractivity contribution >= 4 is 36.1 Å². The maximum atomic E-state index is 14.0. The number of allylic oxidation sites excluding steroid dienone is 2. The number of nitrogens with zero attached hydrogens (tertiary/aromatic N) is 1. The van der Waals surface area contributed by atoms with Crippen LogP contribution < -0.4 is 5.73 Å². The number of amides is 1. The van der Waals surface area contributed by atoms with Crippen LogP contribution >= 0.6 is 24.4 Å². The van der Waals surface area contributed by atoms with Gasteiger partial charge in [0.15, 0.2) is 5.78 Å². The fourth-order valence-electron chi connectivity index (χ4n) is 6.43. The second kappa shape index (κ2) is 9.41. The molecule has 0 radical (unpaired) electrons. The molecule has 37 heavy (non-hydrogen) atoms. The number of thioether (sulfide) groups is 1. The highest BCUT2D eigenvalue weighted by Crippen LogP contribution is 2.55. The molecule has 1 aromatic carbocycles. The van der Waals surface area contributed by atoms with E-state index in [0.717, 1.165) is 5.56 Å². The number of benzene rings is 1. The first-order valence-corrected chi connectivity index (χ1v) is 14.0. The summed E-state index contributed by atoms with van der Waals surface area (Å²) in [5.41, 5.74) is 5.95. The minimum absolute atomic E-state index is 0.0267. The van der Waals surface area contributed by atoms with Crippen molar-refractivity contribution in [3.8, 4) is 17.0 Å². The molecule has 1 amide bonds. The van der Waals surface area contributed by atoms with Crippen molar-refractivity contribution in [3.63, 3.8) is 0 Å². The number of primary amides is 1. The second-order valence-corrected chi connectivity index (χ2v) is 11.1. The lowest BCUT2D eigenvalue weighted by Crippen LogP contribution is -2.55. The number of hydrogen-bond acceptors (Lipinski definition) is 9. The molecule has 2 aromatic rings. The summed E-state index contributed by atoms with van der Waals surface area (Å²) >= 11 is 5.72. The summed E-state index contributed by atoms with van der Waals surface area (Å²) in [7, 11) is 0. The topological polar surface area (TPSA) is 154 Å². The predicted octanol–water partition coefficient (Wildman–Crippen LogP) is 3.48. The van der Waals surface area contributed by atoms with Gasteiger partial charge in [0.25, 0.3) is 5.91 Å². The predicted molar refractivity (Wildman–Crippen MR) is 144 cm³/mol. The molecule has 1 aromatic heterocycles. The van der Waals surface area contributed by atoms with Crippen molar-refractivity contribution in [3.05, 3.63) is 69.8 Å². The third kappa shape index (κ3) is 3.84. The van der Waals surface area contributed by atoms with Crippen LogP contribution in [0.4, 0.5) is 0 Å². The Kier molecular flexibility index (Phi) is 6.54. The van der Waals surface area contributed by atoms with Crippen LogP contribution in [0.15, 0.2) is 53.1 Å². The van der Waals surface area contributed by atoms with E-state index in [4.69, 9.17) is 5.73 Å². The van der Waals surface area contributed by atoms with E-state index in [2.05, 4.69) is 17.6 Å². The maximum absolute atomic E-state index is 14.0. The molecule has 1 heterocycles. The van der Waals surface area contributed by atoms with Crippen molar-refractivity contribution in [2.24, 2.45) is 23.5 Å². The zero-order chi connectivity index (χ0) is 26.6. The summed E-state index contributed by atoms with van der Waals surface area (Å²) < 4.78 is 0. The number of rotatable bonds is 5. The van der Waals surface area contributed by atoms with E-state index in [1.54, 1.807) is 12.3 Å². The summed E-state index contributed by atoms with van der Waals surface area (Å²) in [6.45, 7) is 0. The summed E-state index contributed by atoms with van der Waals surface area (Å²) in [6, 6.07) is 7.38. The molecule has 0 spiro atoms. The van der Waals surface area contributed by atoms with Gasteiger partial charge in [0.1, 0.15) is 22.9 Å². The third-order valence-electron chi connectivity index (χ3n) is 7.87. The molecule has 4 atom stereocenters. The summed E-state index contributed by atoms with van der Waals surface area (Å²) in [5.74, 6) is -4.05. The van der Waals surface area contributed by atoms with Gasteiger partial charge in [-0.2, -0.15) is 24.4 Å². The summed E-state index contributed by atoms with van der Waals surface area (Å²) in [5, 5.41) is 44.8. The number of nitrogens with two attached hydrogens (primary N) is 1. The third-order valence-corrected chi connectivity index (χ3v) is 8.95. The Bertz CT molecular complexity index is 1370. The Balaban J connectivity index is 1.72. The lowest BCUT2D eigenvalue weighted by Gasteiger charge is -2.49. The number of aliphatic hydroxyl groups excluding tert-OH is 2. The number of aliphatic hydroxyl groups is 3. The summed E-state index contributed by atoms with van der Waals surface area (Å²) in [4.78, 5) is 30.6. The molecule has 3 aliphatic rings. The molecule has 194 valence electrons. The number of fused-ring (bicyclic) bond motifs is 3. The van der Waals surface area contributed by atoms with Gasteiger partial charge >= 0.3 is 0 Å². The van der Waals surface area contributed by atoms with Crippen LogP contribution in [-0.2, 0) is 17.0 Å². The summed E-state index contributed by atoms with van der Waals surface area (Å²) in [6.07, 6.45) is 4.32. The smallest absolute Gasteiger partial charge is 0.251 e. The molecular weight excluding hydrogens is 512 g/mol. The maximum Gasteiger partial charge on any atom is 0.251 e. The van der Waals surface area contributed by atoms with E-state index >= 15 is 0 Å². The molecule has 6 N–H and O–H groups in total. The molecule has 3 aliphatic carbocycles. The van der Waals surface area contributed by atoms with Gasteiger partial charge in [-0.3, -0.25) is 14.6 Å². The van der Waals surface area contributed by atoms with Crippen molar-refractivity contribution < 1.29 is 30.0 Å². The Morgan fingerprint density at radius 3 is 2.65 bits per heavy atom. The molecule has 0 saturated heterocycles. The number of thiol groups is 1. The number of carbonyl (C=O) groups is 2. The van der Waals surface area contributed by atoms with Crippen molar-refractivity contribution in [2.75, 3.05) is 12.0 Å². The SMILES string of the molecule is CSCc1cc(-c2ccccn2)c2c(c1O)C(=O)C1=C(O)C3C(CC(O)=C(C(N)=O)C3(O)CS)CC1C2. The van der Waals surface area contributed by atoms with Gasteiger partial charge in [-0.15, -0.1) is 0 Å². The number of pyridine rings is 1. The average molecular weight is 541 g/mol. The Labute approximate surface area is 223 Å². The number of ketones is 1. The molecule has 8 nitrogen and oxygen atoms in total. The molecule has 4 unspecified atom stereocenters. The van der Waals surface area contributed by atoms with E-state index in [9.17, 15) is 30.0 Å². The van der Waals surface area contributed by atoms with E-state index < -0.39 is 35.0 Å². The van der Waals surface area contributed by atoms with E-state index in [0.29, 0.717) is 35.4 Å². The Morgan fingerprint density at radius 1 is 1.27 bits per heavy atom. The van der Waals surface area contributed by atoms with Crippen molar-refractivity contribution in [1.29, 1.82) is 0 Å². The minimum Gasteiger partial charge on any atom is -0.512 e. The number of hydrogen-bond donors (Lipinski definition) is 6. The second-order valence-electron chi connectivity index (χ2n) is 9.91. The minimum atomic E-state index is -2.05. The van der Waals surface area contributed by atoms with Crippen molar-refractivity contribution in [1.82, 2.24) is 4.98 Å². The zero-order valence-electron chi connectivity index (χ0n) is 20.1. The number of phenols is 1. The fraction of sp³-hybridized carbons (Fsp3) is 0.370. The molecule has 10 heteroatoms. The van der Waals surface area contributed by atoms with Gasteiger partial charge in [-0.25, -0.2) is 0 Å². The van der Waals surface area contributed by atoms with Gasteiger partial charge in [-0.1, -0.05) is 6.07 Å². The van der Waals surface area contributed by atoms with E-state index in [-0.39, 0.29) is 46.2 Å². The van der Waals surface area contributed by atoms with E-state index in [1.807, 2.05) is 24.5 Å². The van der Waals surface area contributed by atoms with Crippen LogP contribution in [0.2, 0.25) is 0 Å². The van der Waals surface area contributed by atoms with Gasteiger partial charge < -0.3 is 26.2 Å². The monoisotopic (exact) mass is 540 g/mol.